The van der Waals surface area contributed by atoms with Gasteiger partial charge in [-0.3, -0.25) is 0 Å². The number of alkyl halides is 9. The normalized spacial score (nSPS) is 12.4. The summed E-state index contributed by atoms with van der Waals surface area (Å²) in [6.07, 6.45) is -14.3. The number of rotatable bonds is 6. The molecule has 63 heavy (non-hydrogen) atoms. The minimum atomic E-state index is -6.97. The van der Waals surface area contributed by atoms with Crippen molar-refractivity contribution >= 4 is 12.4 Å². The fraction of sp³-hybridized carbons (Fsp3) is 0.417. The van der Waals surface area contributed by atoms with E-state index < -0.39 is 24.1 Å². The van der Waals surface area contributed by atoms with E-state index in [1.54, 1.807) is 0 Å². The van der Waals surface area contributed by atoms with E-state index in [-0.39, 0.29) is 50.2 Å². The second kappa shape index (κ2) is 21.9. The number of benzene rings is 4. The average Bonchev–Trinajstić information content (AvgIpc) is 3.12. The Morgan fingerprint density at radius 1 is 0.460 bits per heavy atom. The Kier molecular flexibility index (Phi) is 20.3. The molecule has 5 nitrogen and oxygen atoms in total. The summed E-state index contributed by atoms with van der Waals surface area (Å²) < 4.78 is 103. The van der Waals surface area contributed by atoms with E-state index >= 15 is 0 Å². The number of nitrogens with zero attached hydrogens (tertiary/aromatic N) is 2. The molecule has 0 aliphatic carbocycles. The number of hydrogen-bond acceptors (Lipinski definition) is 3. The van der Waals surface area contributed by atoms with Gasteiger partial charge in [0.2, 0.25) is 0 Å². The summed E-state index contributed by atoms with van der Waals surface area (Å²) in [5.41, 5.74) is 0.116. The van der Waals surface area contributed by atoms with E-state index in [1.165, 1.54) is 11.1 Å². The largest absolute Gasteiger partial charge is 0.810 e. The zero-order valence-corrected chi connectivity index (χ0v) is 38.6. The van der Waals surface area contributed by atoms with Gasteiger partial charge in [0.05, 0.1) is 0 Å². The maximum absolute atomic E-state index is 12.1. The molecular weight excluding hydrogens is 878 g/mol. The molecule has 3 N–H and O–H groups in total. The molecule has 0 aliphatic rings. The Bertz CT molecular complexity index is 1890. The zero-order chi connectivity index (χ0) is 48.5. The molecule has 0 amide bonds. The summed E-state index contributed by atoms with van der Waals surface area (Å²) in [4.78, 5) is 0. The third kappa shape index (κ3) is 16.5. The Hall–Kier alpha value is -4.59. The fourth-order valence-corrected chi connectivity index (χ4v) is 5.34. The quantitative estimate of drug-likeness (QED) is 0.0776. The molecule has 4 aromatic carbocycles. The third-order valence-electron chi connectivity index (χ3n) is 9.17. The minimum Gasteiger partial charge on any atom is -0.810 e. The van der Waals surface area contributed by atoms with Crippen molar-refractivity contribution in [3.05, 3.63) is 153 Å². The molecule has 0 spiro atoms. The standard InChI is InChI=1S/2C15H22NO.C14H12.C4HF9O.Mn/c2*1-14(2,3)11-7-10(9-16)13(17)12(8-11)15(4,5)6;1-3-7-13(8-4-1)11-12-14-9-5-2-6-10-14;5-1(2(6,7)8,3(9,10)11)4(12,13)14;/h2*7-9,17H,1-6H3;1-12H;14H;/q2*-1;-2;;. The molecule has 0 saturated heterocycles. The molecule has 0 aromatic heterocycles. The van der Waals surface area contributed by atoms with Crippen molar-refractivity contribution in [2.75, 3.05) is 0 Å². The molecule has 4 aromatic rings. The van der Waals surface area contributed by atoms with Gasteiger partial charge in [-0.25, -0.2) is 28.4 Å². The van der Waals surface area contributed by atoms with E-state index in [9.17, 15) is 60.5 Å². The molecule has 4 rings (SSSR count). The van der Waals surface area contributed by atoms with Gasteiger partial charge in [0, 0.05) is 28.2 Å². The summed E-state index contributed by atoms with van der Waals surface area (Å²) in [6, 6.07) is 28.4. The van der Waals surface area contributed by atoms with Gasteiger partial charge in [0.15, 0.2) is 0 Å². The van der Waals surface area contributed by atoms with Crippen LogP contribution in [0, 0.1) is 12.8 Å². The zero-order valence-electron chi connectivity index (χ0n) is 37.4. The van der Waals surface area contributed by atoms with Crippen molar-refractivity contribution in [2.24, 2.45) is 0 Å². The summed E-state index contributed by atoms with van der Waals surface area (Å²) in [7, 11) is 0. The number of hydrogen-bond donors (Lipinski definition) is 3. The summed E-state index contributed by atoms with van der Waals surface area (Å²) in [5.74, 6) is 0.348. The first-order valence-electron chi connectivity index (χ1n) is 19.3. The SMILES string of the molecule is CC(C)(C)c1cc(C=[N-])c(O)c(C(C)(C)C)c1.CC(C)(C)c1cc(C=[N-])c(O)c(C(C)(C)C)c1.OC(F)(F)C(F)(C(F)(F)F)C(F)(F)F.[Mn].c1ccc([CH-][CH-]c2ccccc2)cc1. The Morgan fingerprint density at radius 2 is 0.730 bits per heavy atom. The van der Waals surface area contributed by atoms with Crippen molar-refractivity contribution in [2.45, 2.75) is 129 Å². The molecule has 1 radical (unpaired) electrons. The Labute approximate surface area is 376 Å². The number of aromatic hydroxyl groups is 2. The van der Waals surface area contributed by atoms with Crippen LogP contribution in [0.4, 0.5) is 39.5 Å². The first-order chi connectivity index (χ1) is 27.8. The van der Waals surface area contributed by atoms with Gasteiger partial charge < -0.3 is 26.1 Å². The van der Waals surface area contributed by atoms with Gasteiger partial charge in [-0.15, -0.1) is 24.3 Å². The van der Waals surface area contributed by atoms with Crippen LogP contribution in [-0.4, -0.2) is 51.9 Å². The number of phenols is 2. The molecule has 0 bridgehead atoms. The molecule has 0 aliphatic heterocycles. The minimum absolute atomic E-state index is 0. The maximum Gasteiger partial charge on any atom is 0.440 e. The van der Waals surface area contributed by atoms with Crippen LogP contribution in [0.25, 0.3) is 10.8 Å². The summed E-state index contributed by atoms with van der Waals surface area (Å²) in [6.45, 7) is 25.0. The topological polar surface area (TPSA) is 105 Å². The van der Waals surface area contributed by atoms with Crippen LogP contribution >= 0.6 is 0 Å². The van der Waals surface area contributed by atoms with Crippen molar-refractivity contribution < 1.29 is 71.9 Å². The molecule has 0 unspecified atom stereocenters. The van der Waals surface area contributed by atoms with Gasteiger partial charge in [-0.1, -0.05) is 107 Å². The second-order valence-corrected chi connectivity index (χ2v) is 18.5. The van der Waals surface area contributed by atoms with Crippen molar-refractivity contribution in [3.63, 3.8) is 0 Å². The van der Waals surface area contributed by atoms with Crippen LogP contribution in [0.15, 0.2) is 84.9 Å². The predicted octanol–water partition coefficient (Wildman–Crippen LogP) is 13.8. The molecule has 0 atom stereocenters. The predicted molar refractivity (Wildman–Crippen MR) is 231 cm³/mol. The first-order valence-corrected chi connectivity index (χ1v) is 19.3. The van der Waals surface area contributed by atoms with Crippen molar-refractivity contribution in [1.29, 1.82) is 0 Å². The second-order valence-electron chi connectivity index (χ2n) is 18.5. The van der Waals surface area contributed by atoms with E-state index in [2.05, 4.69) is 120 Å². The smallest absolute Gasteiger partial charge is 0.440 e. The number of aliphatic hydroxyl groups is 1. The van der Waals surface area contributed by atoms with Crippen LogP contribution in [0.2, 0.25) is 0 Å². The van der Waals surface area contributed by atoms with E-state index in [0.29, 0.717) is 11.1 Å². The first kappa shape index (κ1) is 58.4. The maximum atomic E-state index is 12.1. The van der Waals surface area contributed by atoms with Crippen LogP contribution in [0.1, 0.15) is 128 Å². The van der Waals surface area contributed by atoms with E-state index in [1.807, 2.05) is 60.7 Å². The molecule has 15 heteroatoms. The Morgan fingerprint density at radius 3 is 0.905 bits per heavy atom. The van der Waals surface area contributed by atoms with E-state index in [0.717, 1.165) is 34.7 Å². The van der Waals surface area contributed by atoms with Gasteiger partial charge in [0.25, 0.3) is 0 Å². The molecule has 0 saturated carbocycles. The third-order valence-corrected chi connectivity index (χ3v) is 9.17. The van der Waals surface area contributed by atoms with Crippen LogP contribution in [0.5, 0.6) is 11.5 Å². The van der Waals surface area contributed by atoms with E-state index in [4.69, 9.17) is 5.11 Å². The number of phenolic OH excluding ortho intramolecular Hbond substituents is 2. The van der Waals surface area contributed by atoms with Crippen LogP contribution < -0.4 is 0 Å². The molecule has 351 valence electrons. The average molecular weight is 936 g/mol. The van der Waals surface area contributed by atoms with Crippen molar-refractivity contribution in [1.82, 2.24) is 0 Å². The van der Waals surface area contributed by atoms with Gasteiger partial charge in [0.1, 0.15) is 11.5 Å². The molecular formula is C48H57F9MnN2O3-4. The monoisotopic (exact) mass is 935 g/mol. The van der Waals surface area contributed by atoms with Crippen molar-refractivity contribution in [3.8, 4) is 11.5 Å². The van der Waals surface area contributed by atoms with Gasteiger partial charge in [-0.2, -0.15) is 71.8 Å². The summed E-state index contributed by atoms with van der Waals surface area (Å²) in [5, 5.41) is 45.9. The fourth-order valence-electron chi connectivity index (χ4n) is 5.34. The summed E-state index contributed by atoms with van der Waals surface area (Å²) >= 11 is 0. The molecule has 0 heterocycles. The van der Waals surface area contributed by atoms with Gasteiger partial charge in [-0.05, 0) is 56.0 Å². The molecule has 0 fully saturated rings. The van der Waals surface area contributed by atoms with Crippen LogP contribution in [0.3, 0.4) is 0 Å². The van der Waals surface area contributed by atoms with Gasteiger partial charge >= 0.3 is 24.1 Å². The number of halogens is 9. The Balaban J connectivity index is 0.000000813. The van der Waals surface area contributed by atoms with Crippen LogP contribution in [-0.2, 0) is 38.7 Å².